The third kappa shape index (κ3) is 1.42. The van der Waals surface area contributed by atoms with Crippen molar-refractivity contribution in [2.75, 3.05) is 0 Å². The van der Waals surface area contributed by atoms with Crippen LogP contribution in [0.1, 0.15) is 11.1 Å². The number of rotatable bonds is 1. The Morgan fingerprint density at radius 3 is 3.18 bits per heavy atom. The predicted molar refractivity (Wildman–Crippen MR) is 56.3 cm³/mol. The van der Waals surface area contributed by atoms with Crippen molar-refractivity contribution < 1.29 is 0 Å². The molecular formula is C8H8S3. The average Bonchev–Trinajstić information content (AvgIpc) is 2.50. The van der Waals surface area contributed by atoms with Gasteiger partial charge in [-0.15, -0.1) is 0 Å². The van der Waals surface area contributed by atoms with Gasteiger partial charge in [0.25, 0.3) is 0 Å². The van der Waals surface area contributed by atoms with E-state index in [9.17, 15) is 0 Å². The summed E-state index contributed by atoms with van der Waals surface area (Å²) in [5, 5.41) is 0. The van der Waals surface area contributed by atoms with Crippen LogP contribution < -0.4 is 0 Å². The average molecular weight is 200 g/mol. The molecule has 1 aliphatic heterocycles. The Morgan fingerprint density at radius 2 is 2.36 bits per heavy atom. The van der Waals surface area contributed by atoms with E-state index in [1.165, 1.54) is 16.0 Å². The standard InChI is InChI=1S/C8H8S3/c9-4-6-2-1-3-7-5-10-11-8(6)7/h1-3,9H,4-5H2. The van der Waals surface area contributed by atoms with Crippen molar-refractivity contribution in [2.24, 2.45) is 0 Å². The van der Waals surface area contributed by atoms with E-state index in [1.807, 2.05) is 21.6 Å². The lowest BCUT2D eigenvalue weighted by molar-refractivity contribution is 1.20. The lowest BCUT2D eigenvalue weighted by Gasteiger charge is -2.01. The van der Waals surface area contributed by atoms with E-state index in [1.54, 1.807) is 0 Å². The molecule has 0 radical (unpaired) electrons. The fourth-order valence-electron chi connectivity index (χ4n) is 1.14. The van der Waals surface area contributed by atoms with E-state index >= 15 is 0 Å². The minimum Gasteiger partial charge on any atom is -0.175 e. The lowest BCUT2D eigenvalue weighted by Crippen LogP contribution is -1.84. The van der Waals surface area contributed by atoms with Crippen molar-refractivity contribution in [1.82, 2.24) is 0 Å². The zero-order valence-electron chi connectivity index (χ0n) is 5.91. The highest BCUT2D eigenvalue weighted by molar-refractivity contribution is 8.76. The van der Waals surface area contributed by atoms with Crippen molar-refractivity contribution in [3.8, 4) is 0 Å². The Morgan fingerprint density at radius 1 is 1.45 bits per heavy atom. The molecule has 0 saturated heterocycles. The highest BCUT2D eigenvalue weighted by Gasteiger charge is 2.14. The van der Waals surface area contributed by atoms with Gasteiger partial charge in [0.15, 0.2) is 0 Å². The number of hydrogen-bond donors (Lipinski definition) is 1. The molecule has 0 amide bonds. The molecular weight excluding hydrogens is 192 g/mol. The zero-order valence-corrected chi connectivity index (χ0v) is 8.44. The maximum absolute atomic E-state index is 4.29. The Bertz CT molecular complexity index is 270. The molecule has 3 heteroatoms. The van der Waals surface area contributed by atoms with Crippen molar-refractivity contribution in [3.05, 3.63) is 29.3 Å². The quantitative estimate of drug-likeness (QED) is 0.545. The first-order chi connectivity index (χ1) is 5.42. The molecule has 0 nitrogen and oxygen atoms in total. The molecule has 0 aliphatic carbocycles. The third-order valence-electron chi connectivity index (χ3n) is 1.71. The van der Waals surface area contributed by atoms with Gasteiger partial charge in [0, 0.05) is 16.4 Å². The molecule has 58 valence electrons. The van der Waals surface area contributed by atoms with Crippen LogP contribution in [0.15, 0.2) is 23.1 Å². The molecule has 1 aromatic rings. The molecule has 1 heterocycles. The summed E-state index contributed by atoms with van der Waals surface area (Å²) in [6, 6.07) is 6.48. The molecule has 0 aromatic heterocycles. The van der Waals surface area contributed by atoms with Gasteiger partial charge in [-0.2, -0.15) is 12.6 Å². The SMILES string of the molecule is SCc1cccc2c1SSC2. The minimum atomic E-state index is 0.858. The van der Waals surface area contributed by atoms with Crippen molar-refractivity contribution in [1.29, 1.82) is 0 Å². The summed E-state index contributed by atoms with van der Waals surface area (Å²) in [7, 11) is 3.80. The van der Waals surface area contributed by atoms with Gasteiger partial charge in [-0.1, -0.05) is 39.8 Å². The summed E-state index contributed by atoms with van der Waals surface area (Å²) in [6.07, 6.45) is 0. The van der Waals surface area contributed by atoms with E-state index in [4.69, 9.17) is 0 Å². The molecule has 0 spiro atoms. The Kier molecular flexibility index (Phi) is 2.39. The van der Waals surface area contributed by atoms with E-state index in [2.05, 4.69) is 30.8 Å². The van der Waals surface area contributed by atoms with E-state index in [0.717, 1.165) is 11.5 Å². The zero-order chi connectivity index (χ0) is 7.68. The fraction of sp³-hybridized carbons (Fsp3) is 0.250. The molecule has 2 rings (SSSR count). The Labute approximate surface area is 80.0 Å². The first-order valence-electron chi connectivity index (χ1n) is 3.43. The van der Waals surface area contributed by atoms with Gasteiger partial charge < -0.3 is 0 Å². The summed E-state index contributed by atoms with van der Waals surface area (Å²) < 4.78 is 0. The van der Waals surface area contributed by atoms with Gasteiger partial charge in [-0.25, -0.2) is 0 Å². The monoisotopic (exact) mass is 200 g/mol. The molecule has 0 bridgehead atoms. The van der Waals surface area contributed by atoms with Gasteiger partial charge in [0.05, 0.1) is 0 Å². The first-order valence-corrected chi connectivity index (χ1v) is 6.38. The summed E-state index contributed by atoms with van der Waals surface area (Å²) in [5.41, 5.74) is 2.85. The van der Waals surface area contributed by atoms with E-state index in [-0.39, 0.29) is 0 Å². The van der Waals surface area contributed by atoms with Gasteiger partial charge in [0.2, 0.25) is 0 Å². The van der Waals surface area contributed by atoms with Crippen LogP contribution in [0.3, 0.4) is 0 Å². The number of thiol groups is 1. The molecule has 0 unspecified atom stereocenters. The first kappa shape index (κ1) is 7.90. The van der Waals surface area contributed by atoms with Crippen LogP contribution in [0.5, 0.6) is 0 Å². The van der Waals surface area contributed by atoms with Crippen molar-refractivity contribution in [2.45, 2.75) is 16.4 Å². The summed E-state index contributed by atoms with van der Waals surface area (Å²) in [6.45, 7) is 0. The fourth-order valence-corrected chi connectivity index (χ4v) is 4.19. The van der Waals surface area contributed by atoms with Crippen LogP contribution in [-0.4, -0.2) is 0 Å². The normalized spacial score (nSPS) is 15.0. The van der Waals surface area contributed by atoms with E-state index < -0.39 is 0 Å². The molecule has 1 aliphatic rings. The Hall–Kier alpha value is 0.270. The van der Waals surface area contributed by atoms with Gasteiger partial charge in [0.1, 0.15) is 0 Å². The van der Waals surface area contributed by atoms with Gasteiger partial charge in [-0.05, 0) is 11.1 Å². The van der Waals surface area contributed by atoms with Crippen LogP contribution in [0, 0.1) is 0 Å². The molecule has 0 N–H and O–H groups in total. The molecule has 1 aromatic carbocycles. The van der Waals surface area contributed by atoms with Gasteiger partial charge in [-0.3, -0.25) is 0 Å². The van der Waals surface area contributed by atoms with Crippen LogP contribution in [0.4, 0.5) is 0 Å². The van der Waals surface area contributed by atoms with E-state index in [0.29, 0.717) is 0 Å². The van der Waals surface area contributed by atoms with Gasteiger partial charge >= 0.3 is 0 Å². The second kappa shape index (κ2) is 3.33. The summed E-state index contributed by atoms with van der Waals surface area (Å²) in [5.74, 6) is 2.01. The molecule has 0 atom stereocenters. The predicted octanol–water partition coefficient (Wildman–Crippen LogP) is 3.37. The van der Waals surface area contributed by atoms with Crippen LogP contribution >= 0.6 is 34.2 Å². The lowest BCUT2D eigenvalue weighted by atomic mass is 10.1. The van der Waals surface area contributed by atoms with Crippen molar-refractivity contribution in [3.63, 3.8) is 0 Å². The third-order valence-corrected chi connectivity index (χ3v) is 4.49. The highest BCUT2D eigenvalue weighted by Crippen LogP contribution is 2.45. The molecule has 11 heavy (non-hydrogen) atoms. The highest BCUT2D eigenvalue weighted by atomic mass is 33.1. The second-order valence-electron chi connectivity index (χ2n) is 2.41. The smallest absolute Gasteiger partial charge is 0.0303 e. The summed E-state index contributed by atoms with van der Waals surface area (Å²) in [4.78, 5) is 1.45. The number of hydrogen-bond acceptors (Lipinski definition) is 3. The molecule has 0 saturated carbocycles. The van der Waals surface area contributed by atoms with Crippen LogP contribution in [0.2, 0.25) is 0 Å². The summed E-state index contributed by atoms with van der Waals surface area (Å²) >= 11 is 4.29. The topological polar surface area (TPSA) is 0 Å². The van der Waals surface area contributed by atoms with Crippen LogP contribution in [-0.2, 0) is 11.5 Å². The number of fused-ring (bicyclic) bond motifs is 1. The largest absolute Gasteiger partial charge is 0.175 e. The molecule has 0 fully saturated rings. The maximum atomic E-state index is 4.29. The number of benzene rings is 1. The second-order valence-corrected chi connectivity index (χ2v) is 5.03. The maximum Gasteiger partial charge on any atom is 0.0303 e. The van der Waals surface area contributed by atoms with Crippen molar-refractivity contribution >= 4 is 34.2 Å². The minimum absolute atomic E-state index is 0.858. The van der Waals surface area contributed by atoms with Crippen LogP contribution in [0.25, 0.3) is 0 Å². The Balaban J connectivity index is 2.50.